The molecule has 2 aliphatic heterocycles. The first-order valence-corrected chi connectivity index (χ1v) is 7.57. The molecule has 22 heavy (non-hydrogen) atoms. The zero-order valence-electron chi connectivity index (χ0n) is 12.9. The molecule has 0 bridgehead atoms. The average Bonchev–Trinajstić information content (AvgIpc) is 3.08. The van der Waals surface area contributed by atoms with Crippen LogP contribution in [0.4, 0.5) is 4.79 Å². The highest BCUT2D eigenvalue weighted by molar-refractivity contribution is 6.04. The summed E-state index contributed by atoms with van der Waals surface area (Å²) in [6.07, 6.45) is 1.65. The van der Waals surface area contributed by atoms with Gasteiger partial charge in [-0.2, -0.15) is 5.26 Å². The van der Waals surface area contributed by atoms with E-state index in [1.807, 2.05) is 38.1 Å². The third kappa shape index (κ3) is 2.16. The van der Waals surface area contributed by atoms with E-state index < -0.39 is 5.41 Å². The molecule has 1 aromatic carbocycles. The van der Waals surface area contributed by atoms with Crippen molar-refractivity contribution in [2.45, 2.75) is 44.7 Å². The van der Waals surface area contributed by atoms with E-state index in [9.17, 15) is 14.9 Å². The summed E-state index contributed by atoms with van der Waals surface area (Å²) >= 11 is 0. The van der Waals surface area contributed by atoms with Gasteiger partial charge in [-0.15, -0.1) is 0 Å². The van der Waals surface area contributed by atoms with Crippen LogP contribution in [0.25, 0.3) is 0 Å². The summed E-state index contributed by atoms with van der Waals surface area (Å²) in [5.41, 5.74) is 1.07. The van der Waals surface area contributed by atoms with Crippen LogP contribution in [-0.4, -0.2) is 34.3 Å². The first-order chi connectivity index (χ1) is 10.5. The zero-order chi connectivity index (χ0) is 15.9. The van der Waals surface area contributed by atoms with Gasteiger partial charge in [0.1, 0.15) is 6.04 Å². The number of urea groups is 1. The summed E-state index contributed by atoms with van der Waals surface area (Å²) in [4.78, 5) is 27.8. The number of nitriles is 1. The maximum atomic E-state index is 12.4. The molecule has 1 atom stereocenters. The zero-order valence-corrected chi connectivity index (χ0v) is 12.9. The van der Waals surface area contributed by atoms with Gasteiger partial charge < -0.3 is 4.90 Å². The summed E-state index contributed by atoms with van der Waals surface area (Å²) in [6.45, 7) is 4.60. The van der Waals surface area contributed by atoms with Crippen molar-refractivity contribution in [2.24, 2.45) is 0 Å². The van der Waals surface area contributed by atoms with Gasteiger partial charge in [0.2, 0.25) is 0 Å². The van der Waals surface area contributed by atoms with Crippen LogP contribution in [0.5, 0.6) is 0 Å². The highest BCUT2D eigenvalue weighted by atomic mass is 16.2. The predicted octanol–water partition coefficient (Wildman–Crippen LogP) is 2.41. The smallest absolute Gasteiger partial charge is 0.312 e. The number of hydrogen-bond acceptors (Lipinski definition) is 3. The highest BCUT2D eigenvalue weighted by Crippen LogP contribution is 2.31. The maximum absolute atomic E-state index is 12.4. The lowest BCUT2D eigenvalue weighted by Crippen LogP contribution is -2.33. The van der Waals surface area contributed by atoms with Crippen LogP contribution in [0.3, 0.4) is 0 Å². The third-order valence-electron chi connectivity index (χ3n) is 4.58. The Kier molecular flexibility index (Phi) is 3.40. The summed E-state index contributed by atoms with van der Waals surface area (Å²) in [7, 11) is 0. The van der Waals surface area contributed by atoms with Crippen molar-refractivity contribution in [3.8, 4) is 6.07 Å². The topological polar surface area (TPSA) is 64.4 Å². The fourth-order valence-electron chi connectivity index (χ4n) is 3.33. The second kappa shape index (κ2) is 5.13. The van der Waals surface area contributed by atoms with Gasteiger partial charge in [-0.25, -0.2) is 4.79 Å². The van der Waals surface area contributed by atoms with Crippen molar-refractivity contribution in [2.75, 3.05) is 6.54 Å². The number of imide groups is 1. The number of carbonyl (C=O) groups excluding carboxylic acids is 2. The van der Waals surface area contributed by atoms with Crippen molar-refractivity contribution in [3.63, 3.8) is 0 Å². The minimum atomic E-state index is -0.654. The molecule has 0 N–H and O–H groups in total. The highest BCUT2D eigenvalue weighted by Gasteiger charge is 2.47. The van der Waals surface area contributed by atoms with Gasteiger partial charge in [0.25, 0.3) is 5.91 Å². The predicted molar refractivity (Wildman–Crippen MR) is 80.8 cm³/mol. The minimum absolute atomic E-state index is 0.105. The molecule has 2 heterocycles. The van der Waals surface area contributed by atoms with Crippen LogP contribution in [0, 0.1) is 11.3 Å². The molecule has 3 amide bonds. The van der Waals surface area contributed by atoms with E-state index in [2.05, 4.69) is 6.07 Å². The van der Waals surface area contributed by atoms with E-state index in [0.717, 1.165) is 24.0 Å². The van der Waals surface area contributed by atoms with Crippen LogP contribution >= 0.6 is 0 Å². The number of fused-ring (bicyclic) bond motifs is 1. The summed E-state index contributed by atoms with van der Waals surface area (Å²) in [5.74, 6) is -0.105. The van der Waals surface area contributed by atoms with Gasteiger partial charge in [-0.05, 0) is 37.8 Å². The normalized spacial score (nSPS) is 21.2. The molecule has 0 spiro atoms. The molecule has 1 aromatic rings. The van der Waals surface area contributed by atoms with Gasteiger partial charge in [-0.1, -0.05) is 24.3 Å². The van der Waals surface area contributed by atoms with Crippen molar-refractivity contribution in [1.82, 2.24) is 9.80 Å². The molecular formula is C17H19N3O2. The average molecular weight is 297 g/mol. The SMILES string of the molecule is CC(C)(C#N)c1ccccc1CN1C(=O)[C@H]2CCCN2C1=O. The lowest BCUT2D eigenvalue weighted by molar-refractivity contribution is -0.128. The Balaban J connectivity index is 1.90. The quantitative estimate of drug-likeness (QED) is 0.805. The Morgan fingerprint density at radius 3 is 2.73 bits per heavy atom. The second-order valence-electron chi connectivity index (χ2n) is 6.45. The van der Waals surface area contributed by atoms with Crippen LogP contribution in [0.1, 0.15) is 37.8 Å². The lowest BCUT2D eigenvalue weighted by atomic mass is 9.83. The number of benzene rings is 1. The fourth-order valence-corrected chi connectivity index (χ4v) is 3.33. The number of nitrogens with zero attached hydrogens (tertiary/aromatic N) is 3. The summed E-state index contributed by atoms with van der Waals surface area (Å²) < 4.78 is 0. The lowest BCUT2D eigenvalue weighted by Gasteiger charge is -2.23. The first kappa shape index (κ1) is 14.6. The molecule has 5 heteroatoms. The van der Waals surface area contributed by atoms with Crippen molar-refractivity contribution < 1.29 is 9.59 Å². The Labute approximate surface area is 130 Å². The number of hydrogen-bond donors (Lipinski definition) is 0. The van der Waals surface area contributed by atoms with Gasteiger partial charge in [-0.3, -0.25) is 9.69 Å². The summed E-state index contributed by atoms with van der Waals surface area (Å²) in [5, 5.41) is 9.36. The van der Waals surface area contributed by atoms with E-state index in [-0.39, 0.29) is 24.5 Å². The Morgan fingerprint density at radius 2 is 2.05 bits per heavy atom. The van der Waals surface area contributed by atoms with E-state index in [0.29, 0.717) is 6.54 Å². The molecule has 5 nitrogen and oxygen atoms in total. The third-order valence-corrected chi connectivity index (χ3v) is 4.58. The van der Waals surface area contributed by atoms with Gasteiger partial charge in [0, 0.05) is 6.54 Å². The standard InChI is InChI=1S/C17H19N3O2/c1-17(2,11-18)13-7-4-3-6-12(13)10-20-15(21)14-8-5-9-19(14)16(20)22/h3-4,6-7,14H,5,8-10H2,1-2H3/t14-/m1/s1. The monoisotopic (exact) mass is 297 g/mol. The minimum Gasteiger partial charge on any atom is -0.312 e. The van der Waals surface area contributed by atoms with Gasteiger partial charge in [0.05, 0.1) is 18.0 Å². The van der Waals surface area contributed by atoms with Crippen molar-refractivity contribution >= 4 is 11.9 Å². The van der Waals surface area contributed by atoms with Gasteiger partial charge >= 0.3 is 6.03 Å². The van der Waals surface area contributed by atoms with Crippen LogP contribution in [0.2, 0.25) is 0 Å². The molecule has 2 fully saturated rings. The van der Waals surface area contributed by atoms with Crippen molar-refractivity contribution in [3.05, 3.63) is 35.4 Å². The molecule has 2 saturated heterocycles. The van der Waals surface area contributed by atoms with Crippen LogP contribution < -0.4 is 0 Å². The molecule has 2 aliphatic rings. The molecule has 0 unspecified atom stereocenters. The first-order valence-electron chi connectivity index (χ1n) is 7.57. The molecule has 0 saturated carbocycles. The number of rotatable bonds is 3. The number of carbonyl (C=O) groups is 2. The molecule has 0 radical (unpaired) electrons. The second-order valence-corrected chi connectivity index (χ2v) is 6.45. The van der Waals surface area contributed by atoms with E-state index in [1.54, 1.807) is 4.90 Å². The maximum Gasteiger partial charge on any atom is 0.327 e. The van der Waals surface area contributed by atoms with Crippen molar-refractivity contribution in [1.29, 1.82) is 5.26 Å². The van der Waals surface area contributed by atoms with Gasteiger partial charge in [0.15, 0.2) is 0 Å². The fraction of sp³-hybridized carbons (Fsp3) is 0.471. The largest absolute Gasteiger partial charge is 0.327 e. The molecule has 3 rings (SSSR count). The molecule has 0 aromatic heterocycles. The van der Waals surface area contributed by atoms with Crippen LogP contribution in [0.15, 0.2) is 24.3 Å². The Morgan fingerprint density at radius 1 is 1.32 bits per heavy atom. The molecule has 0 aliphatic carbocycles. The van der Waals surface area contributed by atoms with E-state index in [1.165, 1.54) is 4.90 Å². The Bertz CT molecular complexity index is 653. The molecule has 114 valence electrons. The molecular weight excluding hydrogens is 278 g/mol. The van der Waals surface area contributed by atoms with E-state index in [4.69, 9.17) is 0 Å². The summed E-state index contributed by atoms with van der Waals surface area (Å²) in [6, 6.07) is 9.35. The van der Waals surface area contributed by atoms with E-state index >= 15 is 0 Å². The number of amides is 3. The van der Waals surface area contributed by atoms with Crippen LogP contribution in [-0.2, 0) is 16.8 Å². The Hall–Kier alpha value is -2.35.